The fraction of sp³-hybridized carbons (Fsp3) is 0.231. The van der Waals surface area contributed by atoms with Gasteiger partial charge in [0.05, 0.1) is 19.4 Å². The fourth-order valence-electron chi connectivity index (χ4n) is 1.19. The molecule has 0 aliphatic heterocycles. The molecule has 5 nitrogen and oxygen atoms in total. The van der Waals surface area contributed by atoms with Crippen molar-refractivity contribution >= 4 is 33.5 Å². The zero-order chi connectivity index (χ0) is 14.3. The monoisotopic (exact) mass is 326 g/mol. The third-order valence-corrected chi connectivity index (χ3v) is 2.59. The van der Waals surface area contributed by atoms with Crippen LogP contribution >= 0.6 is 15.9 Å². The van der Waals surface area contributed by atoms with Crippen LogP contribution in [0.4, 0.5) is 5.69 Å². The van der Waals surface area contributed by atoms with Gasteiger partial charge in [-0.2, -0.15) is 0 Å². The lowest BCUT2D eigenvalue weighted by atomic mass is 10.3. The van der Waals surface area contributed by atoms with Crippen LogP contribution in [-0.4, -0.2) is 25.6 Å². The predicted octanol–water partition coefficient (Wildman–Crippen LogP) is 2.53. The SMILES string of the molecule is CCOC(=O)/C(N)=C/C(=Nc1ccc(Br)cc1)OC. The van der Waals surface area contributed by atoms with E-state index in [0.29, 0.717) is 5.69 Å². The molecular weight excluding hydrogens is 312 g/mol. The van der Waals surface area contributed by atoms with E-state index in [0.717, 1.165) is 4.47 Å². The summed E-state index contributed by atoms with van der Waals surface area (Å²) in [5, 5.41) is 0. The number of benzene rings is 1. The number of esters is 1. The van der Waals surface area contributed by atoms with Crippen LogP contribution in [0.2, 0.25) is 0 Å². The maximum absolute atomic E-state index is 11.4. The summed E-state index contributed by atoms with van der Waals surface area (Å²) in [7, 11) is 1.45. The lowest BCUT2D eigenvalue weighted by molar-refractivity contribution is -0.138. The number of methoxy groups -OCH3 is 1. The van der Waals surface area contributed by atoms with Crippen LogP contribution in [0.25, 0.3) is 0 Å². The largest absolute Gasteiger partial charge is 0.481 e. The molecule has 0 radical (unpaired) electrons. The van der Waals surface area contributed by atoms with E-state index >= 15 is 0 Å². The van der Waals surface area contributed by atoms with Crippen molar-refractivity contribution in [2.75, 3.05) is 13.7 Å². The van der Waals surface area contributed by atoms with Crippen molar-refractivity contribution in [2.45, 2.75) is 6.92 Å². The average Bonchev–Trinajstić information content (AvgIpc) is 2.40. The number of halogens is 1. The molecule has 1 aromatic rings. The van der Waals surface area contributed by atoms with Gasteiger partial charge < -0.3 is 15.2 Å². The summed E-state index contributed by atoms with van der Waals surface area (Å²) in [6.45, 7) is 1.97. The highest BCUT2D eigenvalue weighted by Gasteiger charge is 2.07. The quantitative estimate of drug-likeness (QED) is 0.399. The number of nitrogens with zero attached hydrogens (tertiary/aromatic N) is 1. The molecule has 0 aromatic heterocycles. The first-order valence-electron chi connectivity index (χ1n) is 5.59. The first kappa shape index (κ1) is 15.2. The number of hydrogen-bond acceptors (Lipinski definition) is 5. The number of hydrogen-bond donors (Lipinski definition) is 1. The van der Waals surface area contributed by atoms with Crippen molar-refractivity contribution in [3.05, 3.63) is 40.5 Å². The van der Waals surface area contributed by atoms with Crippen LogP contribution in [0.15, 0.2) is 45.5 Å². The molecule has 0 saturated carbocycles. The van der Waals surface area contributed by atoms with Crippen LogP contribution in [0.1, 0.15) is 6.92 Å². The molecule has 0 fully saturated rings. The van der Waals surface area contributed by atoms with E-state index in [4.69, 9.17) is 15.2 Å². The Morgan fingerprint density at radius 2 is 2.05 bits per heavy atom. The van der Waals surface area contributed by atoms with Gasteiger partial charge in [-0.3, -0.25) is 0 Å². The normalized spacial score (nSPS) is 12.2. The lowest BCUT2D eigenvalue weighted by Gasteiger charge is -2.03. The van der Waals surface area contributed by atoms with Gasteiger partial charge in [0.2, 0.25) is 5.90 Å². The molecule has 0 aliphatic carbocycles. The Morgan fingerprint density at radius 1 is 1.42 bits per heavy atom. The summed E-state index contributed by atoms with van der Waals surface area (Å²) in [6.07, 6.45) is 1.33. The Labute approximate surface area is 120 Å². The molecule has 0 saturated heterocycles. The molecule has 0 unspecified atom stereocenters. The summed E-state index contributed by atoms with van der Waals surface area (Å²) in [5.74, 6) is -0.365. The van der Waals surface area contributed by atoms with Gasteiger partial charge in [-0.15, -0.1) is 0 Å². The zero-order valence-electron chi connectivity index (χ0n) is 10.7. The van der Waals surface area contributed by atoms with Crippen LogP contribution < -0.4 is 5.73 Å². The van der Waals surface area contributed by atoms with E-state index in [1.54, 1.807) is 19.1 Å². The first-order chi connectivity index (χ1) is 9.06. The molecule has 0 atom stereocenters. The van der Waals surface area contributed by atoms with Gasteiger partial charge in [-0.25, -0.2) is 9.79 Å². The Bertz CT molecular complexity index is 495. The molecule has 0 amide bonds. The van der Waals surface area contributed by atoms with Crippen LogP contribution in [0.5, 0.6) is 0 Å². The van der Waals surface area contributed by atoms with Crippen molar-refractivity contribution in [3.8, 4) is 0 Å². The van der Waals surface area contributed by atoms with E-state index in [2.05, 4.69) is 20.9 Å². The molecule has 1 aromatic carbocycles. The van der Waals surface area contributed by atoms with Crippen LogP contribution in [-0.2, 0) is 14.3 Å². The van der Waals surface area contributed by atoms with Gasteiger partial charge >= 0.3 is 5.97 Å². The maximum Gasteiger partial charge on any atom is 0.354 e. The number of aliphatic imine (C=N–C) groups is 1. The van der Waals surface area contributed by atoms with Gasteiger partial charge in [0.25, 0.3) is 0 Å². The van der Waals surface area contributed by atoms with Gasteiger partial charge in [0, 0.05) is 10.5 Å². The number of nitrogens with two attached hydrogens (primary N) is 1. The highest BCUT2D eigenvalue weighted by molar-refractivity contribution is 9.10. The number of rotatable bonds is 4. The smallest absolute Gasteiger partial charge is 0.354 e. The molecule has 1 rings (SSSR count). The van der Waals surface area contributed by atoms with Gasteiger partial charge in [0.1, 0.15) is 5.70 Å². The summed E-state index contributed by atoms with van der Waals surface area (Å²) in [4.78, 5) is 15.6. The summed E-state index contributed by atoms with van der Waals surface area (Å²) < 4.78 is 10.8. The standard InChI is InChI=1S/C13H15BrN2O3/c1-3-19-13(17)11(15)8-12(18-2)16-10-6-4-9(14)5-7-10/h4-8H,3,15H2,1-2H3/b11-8-,16-12?. The Morgan fingerprint density at radius 3 is 2.58 bits per heavy atom. The highest BCUT2D eigenvalue weighted by Crippen LogP contribution is 2.17. The van der Waals surface area contributed by atoms with E-state index in [-0.39, 0.29) is 18.2 Å². The van der Waals surface area contributed by atoms with Crippen LogP contribution in [0, 0.1) is 0 Å². The minimum atomic E-state index is -0.594. The van der Waals surface area contributed by atoms with E-state index < -0.39 is 5.97 Å². The molecule has 2 N–H and O–H groups in total. The summed E-state index contributed by atoms with van der Waals surface area (Å²) >= 11 is 3.33. The first-order valence-corrected chi connectivity index (χ1v) is 6.38. The van der Waals surface area contributed by atoms with Crippen LogP contribution in [0.3, 0.4) is 0 Å². The second-order valence-corrected chi connectivity index (χ2v) is 4.37. The Balaban J connectivity index is 2.91. The third kappa shape index (κ3) is 5.13. The minimum absolute atomic E-state index is 0.0560. The van der Waals surface area contributed by atoms with E-state index in [1.807, 2.05) is 12.1 Å². The maximum atomic E-state index is 11.4. The topological polar surface area (TPSA) is 73.9 Å². The van der Waals surface area contributed by atoms with Crippen molar-refractivity contribution in [1.29, 1.82) is 0 Å². The van der Waals surface area contributed by atoms with Crippen molar-refractivity contribution in [1.82, 2.24) is 0 Å². The number of carbonyl (C=O) groups is 1. The molecule has 0 heterocycles. The Hall–Kier alpha value is -1.82. The molecular formula is C13H15BrN2O3. The summed E-state index contributed by atoms with van der Waals surface area (Å²) in [6, 6.07) is 7.31. The van der Waals surface area contributed by atoms with E-state index in [1.165, 1.54) is 13.2 Å². The van der Waals surface area contributed by atoms with E-state index in [9.17, 15) is 4.79 Å². The summed E-state index contributed by atoms with van der Waals surface area (Å²) in [5.41, 5.74) is 6.21. The molecule has 0 bridgehead atoms. The zero-order valence-corrected chi connectivity index (χ0v) is 12.3. The average molecular weight is 327 g/mol. The second-order valence-electron chi connectivity index (χ2n) is 3.45. The lowest BCUT2D eigenvalue weighted by Crippen LogP contribution is -2.16. The minimum Gasteiger partial charge on any atom is -0.481 e. The number of carbonyl (C=O) groups excluding carboxylic acids is 1. The van der Waals surface area contributed by atoms with Crippen molar-refractivity contribution < 1.29 is 14.3 Å². The molecule has 6 heteroatoms. The van der Waals surface area contributed by atoms with Crippen molar-refractivity contribution in [3.63, 3.8) is 0 Å². The second kappa shape index (κ2) is 7.58. The number of ether oxygens (including phenoxy) is 2. The molecule has 0 aliphatic rings. The predicted molar refractivity (Wildman–Crippen MR) is 77.1 cm³/mol. The van der Waals surface area contributed by atoms with Gasteiger partial charge in [0.15, 0.2) is 0 Å². The van der Waals surface area contributed by atoms with Gasteiger partial charge in [-0.05, 0) is 31.2 Å². The molecule has 0 spiro atoms. The highest BCUT2D eigenvalue weighted by atomic mass is 79.9. The molecule has 102 valence electrons. The van der Waals surface area contributed by atoms with Crippen molar-refractivity contribution in [2.24, 2.45) is 10.7 Å². The Kier molecular flexibility index (Phi) is 6.08. The molecule has 19 heavy (non-hydrogen) atoms. The fourth-order valence-corrected chi connectivity index (χ4v) is 1.45. The third-order valence-electron chi connectivity index (χ3n) is 2.07. The van der Waals surface area contributed by atoms with Gasteiger partial charge in [-0.1, -0.05) is 15.9 Å².